The van der Waals surface area contributed by atoms with Crippen LogP contribution in [0, 0.1) is 0 Å². The second-order valence-electron chi connectivity index (χ2n) is 5.49. The second-order valence-corrected chi connectivity index (χ2v) is 6.87. The Morgan fingerprint density at radius 1 is 1.23 bits per heavy atom. The van der Waals surface area contributed by atoms with Crippen molar-refractivity contribution >= 4 is 40.0 Å². The monoisotopic (exact) mass is 385 g/mol. The number of carbonyl (C=O) groups is 1. The molecule has 0 bridgehead atoms. The third-order valence-corrected chi connectivity index (χ3v) is 4.83. The van der Waals surface area contributed by atoms with Gasteiger partial charge in [-0.25, -0.2) is 9.20 Å². The van der Waals surface area contributed by atoms with Crippen molar-refractivity contribution in [1.82, 2.24) is 19.4 Å². The van der Waals surface area contributed by atoms with Crippen molar-refractivity contribution in [3.8, 4) is 10.6 Å². The van der Waals surface area contributed by atoms with Gasteiger partial charge in [-0.05, 0) is 41.8 Å². The minimum absolute atomic E-state index is 0.197. The van der Waals surface area contributed by atoms with Gasteiger partial charge in [-0.3, -0.25) is 9.59 Å². The quantitative estimate of drug-likeness (QED) is 0.585. The highest BCUT2D eigenvalue weighted by Gasteiger charge is 2.12. The molecule has 0 aliphatic rings. The molecule has 26 heavy (non-hydrogen) atoms. The van der Waals surface area contributed by atoms with Crippen molar-refractivity contribution in [2.45, 2.75) is 6.54 Å². The lowest BCUT2D eigenvalue weighted by atomic mass is 10.3. The number of hydrogen-bond acceptors (Lipinski definition) is 5. The van der Waals surface area contributed by atoms with E-state index >= 15 is 0 Å². The first-order valence-corrected chi connectivity index (χ1v) is 8.91. The molecule has 4 aromatic rings. The molecule has 4 rings (SSSR count). The molecule has 0 saturated carbocycles. The van der Waals surface area contributed by atoms with Gasteiger partial charge in [0.25, 0.3) is 5.56 Å². The van der Waals surface area contributed by atoms with E-state index in [1.54, 1.807) is 30.3 Å². The maximum atomic E-state index is 12.6. The molecule has 1 N–H and O–H groups in total. The van der Waals surface area contributed by atoms with Gasteiger partial charge in [0, 0.05) is 10.7 Å². The Bertz CT molecular complexity index is 1130. The number of halogens is 1. The first-order chi connectivity index (χ1) is 12.6. The van der Waals surface area contributed by atoms with E-state index in [0.717, 1.165) is 9.56 Å². The molecule has 0 unspecified atom stereocenters. The van der Waals surface area contributed by atoms with Crippen LogP contribution in [0.4, 0.5) is 5.69 Å². The standard InChI is InChI=1S/C17H12ClN5O2S/c18-11-3-5-12(6-4-11)20-16(24)9-22-17(25)14-8-13(15-2-1-7-26-15)21-23(14)10-19-22/h1-8,10H,9H2,(H,20,24). The van der Waals surface area contributed by atoms with Crippen molar-refractivity contribution < 1.29 is 4.79 Å². The minimum Gasteiger partial charge on any atom is -0.324 e. The molecule has 1 aromatic carbocycles. The average molecular weight is 386 g/mol. The normalized spacial score (nSPS) is 11.0. The van der Waals surface area contributed by atoms with E-state index < -0.39 is 0 Å². The number of benzene rings is 1. The third kappa shape index (κ3) is 3.24. The zero-order chi connectivity index (χ0) is 18.1. The van der Waals surface area contributed by atoms with E-state index in [9.17, 15) is 9.59 Å². The van der Waals surface area contributed by atoms with E-state index in [1.807, 2.05) is 17.5 Å². The average Bonchev–Trinajstić information content (AvgIpc) is 3.29. The maximum Gasteiger partial charge on any atom is 0.293 e. The number of aromatic nitrogens is 4. The fraction of sp³-hybridized carbons (Fsp3) is 0.0588. The molecule has 0 spiro atoms. The summed E-state index contributed by atoms with van der Waals surface area (Å²) in [5.74, 6) is -0.357. The number of fused-ring (bicyclic) bond motifs is 1. The predicted octanol–water partition coefficient (Wildman–Crippen LogP) is 2.91. The molecule has 0 aliphatic carbocycles. The van der Waals surface area contributed by atoms with E-state index in [4.69, 9.17) is 11.6 Å². The molecule has 1 amide bonds. The fourth-order valence-corrected chi connectivity index (χ4v) is 3.27. The fourth-order valence-electron chi connectivity index (χ4n) is 2.47. The van der Waals surface area contributed by atoms with Crippen LogP contribution in [0.25, 0.3) is 16.1 Å². The Morgan fingerprint density at radius 2 is 2.04 bits per heavy atom. The molecule has 0 atom stereocenters. The van der Waals surface area contributed by atoms with Crippen molar-refractivity contribution in [3.05, 3.63) is 69.5 Å². The Morgan fingerprint density at radius 3 is 2.77 bits per heavy atom. The molecule has 0 fully saturated rings. The summed E-state index contributed by atoms with van der Waals surface area (Å²) in [6.07, 6.45) is 1.42. The molecule has 3 heterocycles. The molecule has 130 valence electrons. The van der Waals surface area contributed by atoms with Gasteiger partial charge in [0.2, 0.25) is 5.91 Å². The third-order valence-electron chi connectivity index (χ3n) is 3.68. The first-order valence-electron chi connectivity index (χ1n) is 7.65. The summed E-state index contributed by atoms with van der Waals surface area (Å²) < 4.78 is 2.53. The number of amides is 1. The van der Waals surface area contributed by atoms with E-state index in [2.05, 4.69) is 15.5 Å². The van der Waals surface area contributed by atoms with Crippen LogP contribution in [-0.2, 0) is 11.3 Å². The number of hydrogen-bond donors (Lipinski definition) is 1. The predicted molar refractivity (Wildman–Crippen MR) is 101 cm³/mol. The van der Waals surface area contributed by atoms with Crippen LogP contribution < -0.4 is 10.9 Å². The largest absolute Gasteiger partial charge is 0.324 e. The van der Waals surface area contributed by atoms with Crippen LogP contribution in [0.3, 0.4) is 0 Å². The summed E-state index contributed by atoms with van der Waals surface area (Å²) in [4.78, 5) is 25.7. The van der Waals surface area contributed by atoms with Gasteiger partial charge < -0.3 is 5.32 Å². The summed E-state index contributed by atoms with van der Waals surface area (Å²) >= 11 is 7.35. The molecule has 0 radical (unpaired) electrons. The highest BCUT2D eigenvalue weighted by Crippen LogP contribution is 2.23. The molecular weight excluding hydrogens is 374 g/mol. The SMILES string of the molecule is O=C(Cn1ncn2nc(-c3cccs3)cc2c1=O)Nc1ccc(Cl)cc1. The number of thiophene rings is 1. The zero-order valence-electron chi connectivity index (χ0n) is 13.3. The smallest absolute Gasteiger partial charge is 0.293 e. The van der Waals surface area contributed by atoms with E-state index in [-0.39, 0.29) is 18.0 Å². The summed E-state index contributed by atoms with van der Waals surface area (Å²) in [6, 6.07) is 12.3. The number of nitrogens with one attached hydrogen (secondary N) is 1. The van der Waals surface area contributed by atoms with Crippen molar-refractivity contribution in [3.63, 3.8) is 0 Å². The van der Waals surface area contributed by atoms with Crippen molar-refractivity contribution in [1.29, 1.82) is 0 Å². The summed E-state index contributed by atoms with van der Waals surface area (Å²) in [6.45, 7) is -0.197. The van der Waals surface area contributed by atoms with Gasteiger partial charge in [0.05, 0.1) is 4.88 Å². The lowest BCUT2D eigenvalue weighted by Crippen LogP contribution is -2.30. The number of nitrogens with zero attached hydrogens (tertiary/aromatic N) is 4. The highest BCUT2D eigenvalue weighted by molar-refractivity contribution is 7.13. The van der Waals surface area contributed by atoms with Gasteiger partial charge in [-0.2, -0.15) is 10.2 Å². The Balaban J connectivity index is 1.58. The maximum absolute atomic E-state index is 12.6. The Hall–Kier alpha value is -2.97. The number of anilines is 1. The van der Waals surface area contributed by atoms with Crippen LogP contribution in [0.2, 0.25) is 5.02 Å². The number of carbonyl (C=O) groups excluding carboxylic acids is 1. The summed E-state index contributed by atoms with van der Waals surface area (Å²) in [5, 5.41) is 13.6. The summed E-state index contributed by atoms with van der Waals surface area (Å²) in [7, 11) is 0. The van der Waals surface area contributed by atoms with Gasteiger partial charge in [-0.15, -0.1) is 11.3 Å². The molecule has 0 aliphatic heterocycles. The van der Waals surface area contributed by atoms with Crippen molar-refractivity contribution in [2.75, 3.05) is 5.32 Å². The lowest BCUT2D eigenvalue weighted by molar-refractivity contribution is -0.117. The topological polar surface area (TPSA) is 81.3 Å². The van der Waals surface area contributed by atoms with Crippen LogP contribution in [-0.4, -0.2) is 25.3 Å². The van der Waals surface area contributed by atoms with E-state index in [0.29, 0.717) is 21.9 Å². The molecule has 7 nitrogen and oxygen atoms in total. The first kappa shape index (κ1) is 16.5. The molecular formula is C17H12ClN5O2S. The molecule has 9 heteroatoms. The number of rotatable bonds is 4. The highest BCUT2D eigenvalue weighted by atomic mass is 35.5. The molecule has 3 aromatic heterocycles. The van der Waals surface area contributed by atoms with Crippen LogP contribution >= 0.6 is 22.9 Å². The second kappa shape index (κ2) is 6.74. The van der Waals surface area contributed by atoms with Crippen molar-refractivity contribution in [2.24, 2.45) is 0 Å². The minimum atomic E-state index is -0.380. The lowest BCUT2D eigenvalue weighted by Gasteiger charge is -2.06. The van der Waals surface area contributed by atoms with Crippen LogP contribution in [0.1, 0.15) is 0 Å². The molecule has 0 saturated heterocycles. The van der Waals surface area contributed by atoms with Gasteiger partial charge in [0.15, 0.2) is 0 Å². The van der Waals surface area contributed by atoms with E-state index in [1.165, 1.54) is 22.2 Å². The van der Waals surface area contributed by atoms with Gasteiger partial charge in [-0.1, -0.05) is 17.7 Å². The van der Waals surface area contributed by atoms with Crippen LogP contribution in [0.15, 0.2) is 59.0 Å². The van der Waals surface area contributed by atoms with Crippen LogP contribution in [0.5, 0.6) is 0 Å². The Kier molecular flexibility index (Phi) is 4.27. The van der Waals surface area contributed by atoms with Gasteiger partial charge in [0.1, 0.15) is 24.1 Å². The zero-order valence-corrected chi connectivity index (χ0v) is 14.9. The summed E-state index contributed by atoms with van der Waals surface area (Å²) in [5.41, 5.74) is 1.27. The Labute approximate surface area is 156 Å². The van der Waals surface area contributed by atoms with Gasteiger partial charge >= 0.3 is 0 Å².